The minimum Gasteiger partial charge on any atom is -0.482 e. The number of rotatable bonds is 5. The highest BCUT2D eigenvalue weighted by Gasteiger charge is 2.05. The zero-order valence-corrected chi connectivity index (χ0v) is 11.2. The Bertz CT molecular complexity index is 663. The third kappa shape index (κ3) is 4.51. The Morgan fingerprint density at radius 2 is 2.05 bits per heavy atom. The monoisotopic (exact) mass is 283 g/mol. The number of ether oxygens (including phenoxy) is 2. The molecule has 0 aliphatic rings. The quantitative estimate of drug-likeness (QED) is 0.662. The maximum absolute atomic E-state index is 11.6. The van der Waals surface area contributed by atoms with E-state index in [1.165, 1.54) is 6.20 Å². The molecule has 0 bridgehead atoms. The van der Waals surface area contributed by atoms with Crippen LogP contribution in [0.1, 0.15) is 11.3 Å². The highest BCUT2D eigenvalue weighted by atomic mass is 16.6. The third-order valence-corrected chi connectivity index (χ3v) is 2.58. The minimum absolute atomic E-state index is 0.0706. The van der Waals surface area contributed by atoms with Gasteiger partial charge in [0, 0.05) is 11.9 Å². The molecule has 0 fully saturated rings. The van der Waals surface area contributed by atoms with Gasteiger partial charge in [-0.15, -0.1) is 0 Å². The van der Waals surface area contributed by atoms with Crippen LogP contribution in [0.2, 0.25) is 0 Å². The molecule has 21 heavy (non-hydrogen) atoms. The van der Waals surface area contributed by atoms with Crippen molar-refractivity contribution in [3.63, 3.8) is 0 Å². The van der Waals surface area contributed by atoms with Crippen LogP contribution in [-0.2, 0) is 16.1 Å². The first-order chi connectivity index (χ1) is 10.2. The van der Waals surface area contributed by atoms with E-state index >= 15 is 0 Å². The first-order valence-electron chi connectivity index (χ1n) is 6.16. The smallest absolute Gasteiger partial charge is 0.344 e. The number of benzene rings is 1. The van der Waals surface area contributed by atoms with Crippen LogP contribution < -0.4 is 10.5 Å². The van der Waals surface area contributed by atoms with Gasteiger partial charge < -0.3 is 15.2 Å². The van der Waals surface area contributed by atoms with E-state index in [1.807, 2.05) is 6.07 Å². The molecule has 1 aromatic carbocycles. The average molecular weight is 283 g/mol. The van der Waals surface area contributed by atoms with Gasteiger partial charge in [-0.2, -0.15) is 5.26 Å². The molecule has 0 radical (unpaired) electrons. The summed E-state index contributed by atoms with van der Waals surface area (Å²) in [5.41, 5.74) is 7.14. The maximum atomic E-state index is 11.6. The molecule has 6 nitrogen and oxygen atoms in total. The van der Waals surface area contributed by atoms with Crippen molar-refractivity contribution in [3.05, 3.63) is 53.9 Å². The minimum atomic E-state index is -0.498. The largest absolute Gasteiger partial charge is 0.482 e. The Kier molecular flexibility index (Phi) is 4.72. The van der Waals surface area contributed by atoms with Gasteiger partial charge in [0.2, 0.25) is 0 Å². The number of pyridine rings is 1. The second-order valence-electron chi connectivity index (χ2n) is 4.18. The Labute approximate surface area is 121 Å². The molecule has 0 atom stereocenters. The SMILES string of the molecule is N#Cc1cc(COC(=O)COc2ccc(N)cc2)ccn1. The molecule has 0 aliphatic heterocycles. The van der Waals surface area contributed by atoms with Gasteiger partial charge in [0.05, 0.1) is 0 Å². The van der Waals surface area contributed by atoms with Crippen molar-refractivity contribution < 1.29 is 14.3 Å². The lowest BCUT2D eigenvalue weighted by atomic mass is 10.2. The van der Waals surface area contributed by atoms with Crippen molar-refractivity contribution in [2.45, 2.75) is 6.61 Å². The van der Waals surface area contributed by atoms with E-state index in [9.17, 15) is 4.79 Å². The van der Waals surface area contributed by atoms with Gasteiger partial charge in [0.25, 0.3) is 0 Å². The lowest BCUT2D eigenvalue weighted by molar-refractivity contribution is -0.147. The van der Waals surface area contributed by atoms with Crippen molar-refractivity contribution in [3.8, 4) is 11.8 Å². The predicted molar refractivity (Wildman–Crippen MR) is 75.1 cm³/mol. The summed E-state index contributed by atoms with van der Waals surface area (Å²) < 4.78 is 10.3. The molecule has 106 valence electrons. The number of aromatic nitrogens is 1. The van der Waals surface area contributed by atoms with Crippen LogP contribution in [0.15, 0.2) is 42.6 Å². The molecule has 0 saturated carbocycles. The Morgan fingerprint density at radius 1 is 1.29 bits per heavy atom. The highest BCUT2D eigenvalue weighted by Crippen LogP contribution is 2.13. The summed E-state index contributed by atoms with van der Waals surface area (Å²) in [5, 5.41) is 8.72. The van der Waals surface area contributed by atoms with E-state index in [4.69, 9.17) is 20.5 Å². The van der Waals surface area contributed by atoms with Gasteiger partial charge >= 0.3 is 5.97 Å². The molecule has 2 aromatic rings. The number of carbonyl (C=O) groups excluding carboxylic acids is 1. The number of anilines is 1. The van der Waals surface area contributed by atoms with Gasteiger partial charge in [-0.05, 0) is 42.0 Å². The van der Waals surface area contributed by atoms with Gasteiger partial charge in [0.1, 0.15) is 24.1 Å². The molecule has 0 unspecified atom stereocenters. The Hall–Kier alpha value is -3.07. The van der Waals surface area contributed by atoms with Crippen molar-refractivity contribution >= 4 is 11.7 Å². The number of hydrogen-bond acceptors (Lipinski definition) is 6. The first-order valence-corrected chi connectivity index (χ1v) is 6.16. The lowest BCUT2D eigenvalue weighted by Gasteiger charge is -2.07. The maximum Gasteiger partial charge on any atom is 0.344 e. The molecule has 2 N–H and O–H groups in total. The fourth-order valence-electron chi connectivity index (χ4n) is 1.54. The summed E-state index contributed by atoms with van der Waals surface area (Å²) in [7, 11) is 0. The second-order valence-corrected chi connectivity index (χ2v) is 4.18. The van der Waals surface area contributed by atoms with E-state index in [0.29, 0.717) is 17.0 Å². The van der Waals surface area contributed by atoms with Crippen molar-refractivity contribution in [2.24, 2.45) is 0 Å². The Morgan fingerprint density at radius 3 is 2.76 bits per heavy atom. The van der Waals surface area contributed by atoms with Crippen molar-refractivity contribution in [1.82, 2.24) is 4.98 Å². The number of esters is 1. The molecular weight excluding hydrogens is 270 g/mol. The third-order valence-electron chi connectivity index (χ3n) is 2.58. The summed E-state index contributed by atoms with van der Waals surface area (Å²) >= 11 is 0. The van der Waals surface area contributed by atoms with Crippen LogP contribution in [0.3, 0.4) is 0 Å². The molecular formula is C15H13N3O3. The van der Waals surface area contributed by atoms with Gasteiger partial charge in [0.15, 0.2) is 6.61 Å². The van der Waals surface area contributed by atoms with Crippen LogP contribution in [0.25, 0.3) is 0 Å². The summed E-state index contributed by atoms with van der Waals surface area (Å²) in [4.78, 5) is 15.4. The lowest BCUT2D eigenvalue weighted by Crippen LogP contribution is -2.14. The van der Waals surface area contributed by atoms with E-state index in [1.54, 1.807) is 36.4 Å². The number of nitrogen functional groups attached to an aromatic ring is 1. The molecule has 2 rings (SSSR count). The van der Waals surface area contributed by atoms with Crippen LogP contribution in [-0.4, -0.2) is 17.6 Å². The topological polar surface area (TPSA) is 98.2 Å². The molecule has 1 heterocycles. The van der Waals surface area contributed by atoms with E-state index in [2.05, 4.69) is 4.98 Å². The standard InChI is InChI=1S/C15H13N3O3/c16-8-13-7-11(5-6-18-13)9-21-15(19)10-20-14-3-1-12(17)2-4-14/h1-7H,9-10,17H2. The zero-order valence-electron chi connectivity index (χ0n) is 11.2. The highest BCUT2D eigenvalue weighted by molar-refractivity contribution is 5.71. The fourth-order valence-corrected chi connectivity index (χ4v) is 1.54. The van der Waals surface area contributed by atoms with Crippen LogP contribution in [0.5, 0.6) is 5.75 Å². The molecule has 0 amide bonds. The molecule has 6 heteroatoms. The number of nitriles is 1. The summed E-state index contributed by atoms with van der Waals surface area (Å²) in [6.07, 6.45) is 1.49. The van der Waals surface area contributed by atoms with Gasteiger partial charge in [-0.25, -0.2) is 9.78 Å². The zero-order chi connectivity index (χ0) is 15.1. The first kappa shape index (κ1) is 14.3. The molecule has 0 spiro atoms. The fraction of sp³-hybridized carbons (Fsp3) is 0.133. The van der Waals surface area contributed by atoms with Crippen molar-refractivity contribution in [1.29, 1.82) is 5.26 Å². The summed E-state index contributed by atoms with van der Waals surface area (Å²) in [6.45, 7) is -0.124. The summed E-state index contributed by atoms with van der Waals surface area (Å²) in [6, 6.07) is 11.9. The normalized spacial score (nSPS) is 9.67. The van der Waals surface area contributed by atoms with Crippen LogP contribution >= 0.6 is 0 Å². The second kappa shape index (κ2) is 6.91. The van der Waals surface area contributed by atoms with Gasteiger partial charge in [-0.3, -0.25) is 0 Å². The number of nitrogens with zero attached hydrogens (tertiary/aromatic N) is 2. The number of nitrogens with two attached hydrogens (primary N) is 1. The Balaban J connectivity index is 1.79. The summed E-state index contributed by atoms with van der Waals surface area (Å²) in [5.74, 6) is 0.0407. The number of hydrogen-bond donors (Lipinski definition) is 1. The van der Waals surface area contributed by atoms with Crippen LogP contribution in [0.4, 0.5) is 5.69 Å². The van der Waals surface area contributed by atoms with Crippen LogP contribution in [0, 0.1) is 11.3 Å². The molecule has 0 aliphatic carbocycles. The predicted octanol–water partition coefficient (Wildman–Crippen LogP) is 1.66. The van der Waals surface area contributed by atoms with Gasteiger partial charge in [-0.1, -0.05) is 0 Å². The average Bonchev–Trinajstić information content (AvgIpc) is 2.52. The van der Waals surface area contributed by atoms with Crippen molar-refractivity contribution in [2.75, 3.05) is 12.3 Å². The molecule has 0 saturated heterocycles. The van der Waals surface area contributed by atoms with E-state index in [0.717, 1.165) is 0 Å². The molecule has 1 aromatic heterocycles. The van der Waals surface area contributed by atoms with E-state index in [-0.39, 0.29) is 18.9 Å². The number of carbonyl (C=O) groups is 1. The van der Waals surface area contributed by atoms with E-state index < -0.39 is 5.97 Å².